The van der Waals surface area contributed by atoms with Crippen molar-refractivity contribution in [1.82, 2.24) is 9.80 Å². The number of piperidine rings is 2. The second-order valence-electron chi connectivity index (χ2n) is 10.7. The number of amides is 2. The second kappa shape index (κ2) is 11.8. The fraction of sp³-hybridized carbons (Fsp3) is 0.500. The number of ketones is 1. The lowest BCUT2D eigenvalue weighted by Gasteiger charge is -2.37. The number of Topliss-reactive ketones (excluding diaryl/α,β-unsaturated/α-hetero) is 1. The summed E-state index contributed by atoms with van der Waals surface area (Å²) in [6, 6.07) is 14.0. The summed E-state index contributed by atoms with van der Waals surface area (Å²) in [5, 5.41) is 0. The van der Waals surface area contributed by atoms with E-state index in [0.29, 0.717) is 44.9 Å². The van der Waals surface area contributed by atoms with Crippen molar-refractivity contribution in [3.63, 3.8) is 0 Å². The van der Waals surface area contributed by atoms with Gasteiger partial charge in [0, 0.05) is 37.7 Å². The molecule has 2 saturated heterocycles. The van der Waals surface area contributed by atoms with Crippen LogP contribution in [0.5, 0.6) is 0 Å². The Labute approximate surface area is 213 Å². The summed E-state index contributed by atoms with van der Waals surface area (Å²) < 4.78 is 13.1. The fourth-order valence-electron chi connectivity index (χ4n) is 5.43. The molecule has 2 fully saturated rings. The molecular weight excluding hydrogens is 455 g/mol. The molecule has 0 aromatic heterocycles. The first-order valence-corrected chi connectivity index (χ1v) is 13.2. The van der Waals surface area contributed by atoms with Gasteiger partial charge in [-0.2, -0.15) is 0 Å². The number of hydrogen-bond acceptors (Lipinski definition) is 3. The van der Waals surface area contributed by atoms with E-state index in [1.165, 1.54) is 17.7 Å². The quantitative estimate of drug-likeness (QED) is 0.515. The molecule has 0 aliphatic carbocycles. The number of hydrogen-bond donors (Lipinski definition) is 0. The van der Waals surface area contributed by atoms with Gasteiger partial charge in [0.25, 0.3) is 0 Å². The van der Waals surface area contributed by atoms with Gasteiger partial charge in [-0.15, -0.1) is 0 Å². The van der Waals surface area contributed by atoms with Crippen LogP contribution in [-0.2, 0) is 22.4 Å². The molecule has 4 rings (SSSR count). The maximum atomic E-state index is 13.3. The van der Waals surface area contributed by atoms with Crippen LogP contribution in [-0.4, -0.2) is 53.6 Å². The first-order chi connectivity index (χ1) is 17.3. The Balaban J connectivity index is 1.27. The largest absolute Gasteiger partial charge is 0.342 e. The molecule has 1 atom stereocenters. The standard InChI is InChI=1S/C30H37FN2O3/c1-21(2)18-22-5-9-24(10-6-22)29(35)25-13-16-32(17-14-25)30(36)26-4-3-15-33(20-26)28(34)19-23-7-11-27(31)12-8-23/h5-12,21,25-26H,3-4,13-20H2,1-2H3. The van der Waals surface area contributed by atoms with Gasteiger partial charge in [-0.3, -0.25) is 14.4 Å². The van der Waals surface area contributed by atoms with Gasteiger partial charge in [0.2, 0.25) is 11.8 Å². The second-order valence-corrected chi connectivity index (χ2v) is 10.7. The van der Waals surface area contributed by atoms with Gasteiger partial charge < -0.3 is 9.80 Å². The van der Waals surface area contributed by atoms with Crippen molar-refractivity contribution in [2.24, 2.45) is 17.8 Å². The van der Waals surface area contributed by atoms with Crippen LogP contribution in [0, 0.1) is 23.6 Å². The van der Waals surface area contributed by atoms with E-state index in [4.69, 9.17) is 0 Å². The summed E-state index contributed by atoms with van der Waals surface area (Å²) in [5.41, 5.74) is 2.78. The minimum Gasteiger partial charge on any atom is -0.342 e. The molecule has 2 aliphatic heterocycles. The van der Waals surface area contributed by atoms with Gasteiger partial charge in [-0.1, -0.05) is 50.2 Å². The van der Waals surface area contributed by atoms with E-state index < -0.39 is 0 Å². The normalized spacial score (nSPS) is 18.9. The Morgan fingerprint density at radius 3 is 2.11 bits per heavy atom. The summed E-state index contributed by atoms with van der Waals surface area (Å²) in [5.74, 6) is 0.258. The highest BCUT2D eigenvalue weighted by Crippen LogP contribution is 2.26. The molecule has 2 aromatic rings. The van der Waals surface area contributed by atoms with Crippen LogP contribution in [0.1, 0.15) is 61.0 Å². The summed E-state index contributed by atoms with van der Waals surface area (Å²) in [7, 11) is 0. The van der Waals surface area contributed by atoms with Crippen LogP contribution < -0.4 is 0 Å². The third-order valence-electron chi connectivity index (χ3n) is 7.45. The van der Waals surface area contributed by atoms with Crippen LogP contribution in [0.2, 0.25) is 0 Å². The number of rotatable bonds is 7. The van der Waals surface area contributed by atoms with Crippen molar-refractivity contribution >= 4 is 17.6 Å². The molecule has 0 N–H and O–H groups in total. The molecule has 36 heavy (non-hydrogen) atoms. The topological polar surface area (TPSA) is 57.7 Å². The lowest BCUT2D eigenvalue weighted by atomic mass is 9.87. The first-order valence-electron chi connectivity index (χ1n) is 13.2. The molecule has 0 spiro atoms. The van der Waals surface area contributed by atoms with E-state index in [0.717, 1.165) is 30.4 Å². The Hall–Kier alpha value is -3.02. The number of carbonyl (C=O) groups is 3. The third kappa shape index (κ3) is 6.59. The monoisotopic (exact) mass is 492 g/mol. The molecule has 2 amide bonds. The highest BCUT2D eigenvalue weighted by atomic mass is 19.1. The predicted octanol–water partition coefficient (Wildman–Crippen LogP) is 4.93. The molecule has 5 nitrogen and oxygen atoms in total. The average Bonchev–Trinajstić information content (AvgIpc) is 2.89. The number of carbonyl (C=O) groups excluding carboxylic acids is 3. The summed E-state index contributed by atoms with van der Waals surface area (Å²) in [4.78, 5) is 42.7. The van der Waals surface area contributed by atoms with E-state index >= 15 is 0 Å². The number of halogens is 1. The minimum atomic E-state index is -0.320. The van der Waals surface area contributed by atoms with Gasteiger partial charge in [-0.25, -0.2) is 4.39 Å². The fourth-order valence-corrected chi connectivity index (χ4v) is 5.43. The maximum absolute atomic E-state index is 13.3. The van der Waals surface area contributed by atoms with E-state index in [1.807, 2.05) is 17.0 Å². The van der Waals surface area contributed by atoms with Crippen molar-refractivity contribution in [3.8, 4) is 0 Å². The van der Waals surface area contributed by atoms with Gasteiger partial charge in [0.15, 0.2) is 5.78 Å². The molecule has 2 aromatic carbocycles. The number of nitrogens with zero attached hydrogens (tertiary/aromatic N) is 2. The van der Waals surface area contributed by atoms with Crippen LogP contribution in [0.3, 0.4) is 0 Å². The lowest BCUT2D eigenvalue weighted by molar-refractivity contribution is -0.141. The van der Waals surface area contributed by atoms with Crippen LogP contribution in [0.25, 0.3) is 0 Å². The molecule has 0 bridgehead atoms. The van der Waals surface area contributed by atoms with E-state index in [1.54, 1.807) is 17.0 Å². The summed E-state index contributed by atoms with van der Waals surface area (Å²) in [6.07, 6.45) is 4.16. The van der Waals surface area contributed by atoms with Crippen molar-refractivity contribution in [2.75, 3.05) is 26.2 Å². The Bertz CT molecular complexity index is 1060. The zero-order chi connectivity index (χ0) is 25.7. The maximum Gasteiger partial charge on any atom is 0.227 e. The summed E-state index contributed by atoms with van der Waals surface area (Å²) in [6.45, 7) is 6.62. The zero-order valence-corrected chi connectivity index (χ0v) is 21.4. The molecule has 2 aliphatic rings. The highest BCUT2D eigenvalue weighted by Gasteiger charge is 2.34. The van der Waals surface area contributed by atoms with Crippen molar-refractivity contribution in [2.45, 2.75) is 52.4 Å². The molecule has 0 saturated carbocycles. The third-order valence-corrected chi connectivity index (χ3v) is 7.45. The van der Waals surface area contributed by atoms with E-state index in [-0.39, 0.29) is 41.7 Å². The Kier molecular flexibility index (Phi) is 8.55. The molecule has 1 unspecified atom stereocenters. The number of likely N-dealkylation sites (tertiary alicyclic amines) is 2. The van der Waals surface area contributed by atoms with E-state index in [9.17, 15) is 18.8 Å². The minimum absolute atomic E-state index is 0.0252. The van der Waals surface area contributed by atoms with Crippen LogP contribution in [0.15, 0.2) is 48.5 Å². The highest BCUT2D eigenvalue weighted by molar-refractivity contribution is 5.98. The van der Waals surface area contributed by atoms with Gasteiger partial charge in [-0.05, 0) is 61.3 Å². The summed E-state index contributed by atoms with van der Waals surface area (Å²) >= 11 is 0. The molecular formula is C30H37FN2O3. The molecule has 6 heteroatoms. The smallest absolute Gasteiger partial charge is 0.227 e. The van der Waals surface area contributed by atoms with Crippen molar-refractivity contribution in [3.05, 3.63) is 71.0 Å². The zero-order valence-electron chi connectivity index (χ0n) is 21.4. The SMILES string of the molecule is CC(C)Cc1ccc(C(=O)C2CCN(C(=O)C3CCCN(C(=O)Cc4ccc(F)cc4)C3)CC2)cc1. The lowest BCUT2D eigenvalue weighted by Crippen LogP contribution is -2.49. The Morgan fingerprint density at radius 1 is 0.833 bits per heavy atom. The Morgan fingerprint density at radius 2 is 1.47 bits per heavy atom. The predicted molar refractivity (Wildman–Crippen MR) is 138 cm³/mol. The van der Waals surface area contributed by atoms with Crippen LogP contribution in [0.4, 0.5) is 4.39 Å². The average molecular weight is 493 g/mol. The molecule has 2 heterocycles. The van der Waals surface area contributed by atoms with Crippen molar-refractivity contribution in [1.29, 1.82) is 0 Å². The van der Waals surface area contributed by atoms with Gasteiger partial charge >= 0.3 is 0 Å². The van der Waals surface area contributed by atoms with Gasteiger partial charge in [0.05, 0.1) is 12.3 Å². The van der Waals surface area contributed by atoms with Crippen molar-refractivity contribution < 1.29 is 18.8 Å². The van der Waals surface area contributed by atoms with Gasteiger partial charge in [0.1, 0.15) is 5.82 Å². The van der Waals surface area contributed by atoms with E-state index in [2.05, 4.69) is 26.0 Å². The molecule has 0 radical (unpaired) electrons. The molecule has 192 valence electrons. The van der Waals surface area contributed by atoms with Crippen LogP contribution >= 0.6 is 0 Å². The number of benzene rings is 2. The first kappa shape index (κ1) is 26.1.